The molecule has 0 aliphatic heterocycles. The molecule has 0 saturated heterocycles. The molecule has 0 amide bonds. The summed E-state index contributed by atoms with van der Waals surface area (Å²) in [5.41, 5.74) is 0.619. The number of aromatic nitrogens is 2. The van der Waals surface area contributed by atoms with Gasteiger partial charge in [0, 0.05) is 19.2 Å². The van der Waals surface area contributed by atoms with Crippen LogP contribution in [0.4, 0.5) is 10.2 Å². The second kappa shape index (κ2) is 13.5. The Morgan fingerprint density at radius 3 is 1.95 bits per heavy atom. The predicted octanol–water partition coefficient (Wildman–Crippen LogP) is 3.10. The van der Waals surface area contributed by atoms with Crippen molar-refractivity contribution in [2.24, 2.45) is 5.92 Å². The topological polar surface area (TPSA) is 126 Å². The number of aliphatic hydroxyl groups excluding tert-OH is 3. The predicted molar refractivity (Wildman–Crippen MR) is 152 cm³/mol. The van der Waals surface area contributed by atoms with Gasteiger partial charge in [0.1, 0.15) is 17.1 Å². The summed E-state index contributed by atoms with van der Waals surface area (Å²) >= 11 is 0. The van der Waals surface area contributed by atoms with Gasteiger partial charge in [0.05, 0.1) is 26.4 Å². The van der Waals surface area contributed by atoms with Gasteiger partial charge in [-0.2, -0.15) is 4.98 Å². The number of hydrogen-bond acceptors (Lipinski definition) is 8. The van der Waals surface area contributed by atoms with E-state index in [1.165, 1.54) is 19.4 Å². The summed E-state index contributed by atoms with van der Waals surface area (Å²) in [6.07, 6.45) is -4.90. The Morgan fingerprint density at radius 2 is 1.46 bits per heavy atom. The summed E-state index contributed by atoms with van der Waals surface area (Å²) in [7, 11) is 2.93. The molecule has 0 aliphatic carbocycles. The molecule has 0 radical (unpaired) electrons. The van der Waals surface area contributed by atoms with E-state index in [4.69, 9.17) is 9.47 Å². The number of hydrogen-bond donors (Lipinski definition) is 4. The van der Waals surface area contributed by atoms with Crippen molar-refractivity contribution in [2.75, 3.05) is 32.8 Å². The quantitative estimate of drug-likeness (QED) is 0.183. The van der Waals surface area contributed by atoms with Crippen LogP contribution in [0.1, 0.15) is 22.9 Å². The normalized spacial score (nSPS) is 14.6. The lowest BCUT2D eigenvalue weighted by atomic mass is 9.77. The first-order valence-electron chi connectivity index (χ1n) is 13.1. The fourth-order valence-electron chi connectivity index (χ4n) is 4.87. The summed E-state index contributed by atoms with van der Waals surface area (Å²) in [4.78, 5) is 17.2. The molecule has 0 unspecified atom stereocenters. The molecule has 10 heteroatoms. The summed E-state index contributed by atoms with van der Waals surface area (Å²) in [5, 5.41) is 33.8. The van der Waals surface area contributed by atoms with Gasteiger partial charge in [-0.3, -0.25) is 4.57 Å². The lowest BCUT2D eigenvalue weighted by molar-refractivity contribution is -0.0891. The van der Waals surface area contributed by atoms with Crippen LogP contribution in [0, 0.1) is 5.92 Å². The van der Waals surface area contributed by atoms with Crippen molar-refractivity contribution in [3.63, 3.8) is 0 Å². The molecule has 4 atom stereocenters. The smallest absolute Gasteiger partial charge is 0.351 e. The van der Waals surface area contributed by atoms with Crippen molar-refractivity contribution >= 4 is 5.82 Å². The highest BCUT2D eigenvalue weighted by Gasteiger charge is 2.38. The summed E-state index contributed by atoms with van der Waals surface area (Å²) in [6, 6.07) is 28.3. The third-order valence-corrected chi connectivity index (χ3v) is 7.08. The second-order valence-corrected chi connectivity index (χ2v) is 9.58. The van der Waals surface area contributed by atoms with Crippen LogP contribution in [0.2, 0.25) is 0 Å². The van der Waals surface area contributed by atoms with E-state index < -0.39 is 42.3 Å². The molecule has 4 aromatic rings. The lowest BCUT2D eigenvalue weighted by Gasteiger charge is -2.37. The van der Waals surface area contributed by atoms with Gasteiger partial charge < -0.3 is 30.1 Å². The van der Waals surface area contributed by atoms with Crippen LogP contribution >= 0.6 is 0 Å². The minimum Gasteiger partial charge on any atom is -0.497 e. The molecule has 0 saturated carbocycles. The molecule has 41 heavy (non-hydrogen) atoms. The molecule has 9 nitrogen and oxygen atoms in total. The number of nitrogens with zero attached hydrogens (tertiary/aromatic N) is 2. The molecule has 0 bridgehead atoms. The highest BCUT2D eigenvalue weighted by molar-refractivity contribution is 5.58. The maximum atomic E-state index is 15.0. The van der Waals surface area contributed by atoms with Gasteiger partial charge in [0.25, 0.3) is 0 Å². The fourth-order valence-corrected chi connectivity index (χ4v) is 4.87. The Morgan fingerprint density at radius 1 is 0.902 bits per heavy atom. The zero-order valence-electron chi connectivity index (χ0n) is 22.8. The van der Waals surface area contributed by atoms with Crippen LogP contribution < -0.4 is 15.7 Å². The largest absolute Gasteiger partial charge is 0.497 e. The van der Waals surface area contributed by atoms with Crippen LogP contribution in [-0.4, -0.2) is 64.6 Å². The van der Waals surface area contributed by atoms with Crippen molar-refractivity contribution < 1.29 is 29.2 Å². The van der Waals surface area contributed by atoms with Gasteiger partial charge in [-0.15, -0.1) is 0 Å². The summed E-state index contributed by atoms with van der Waals surface area (Å²) < 4.78 is 26.0. The first kappa shape index (κ1) is 29.9. The third-order valence-electron chi connectivity index (χ3n) is 7.08. The molecule has 0 aliphatic rings. The minimum atomic E-state index is -2.28. The first-order valence-corrected chi connectivity index (χ1v) is 13.1. The highest BCUT2D eigenvalue weighted by Crippen LogP contribution is 2.40. The maximum Gasteiger partial charge on any atom is 0.351 e. The molecular formula is C31H34FN3O6. The monoisotopic (exact) mass is 563 g/mol. The van der Waals surface area contributed by atoms with Crippen LogP contribution in [0.3, 0.4) is 0 Å². The number of aliphatic hydroxyl groups is 3. The maximum absolute atomic E-state index is 15.0. The third kappa shape index (κ3) is 6.31. The van der Waals surface area contributed by atoms with Crippen LogP contribution in [0.15, 0.2) is 102 Å². The minimum absolute atomic E-state index is 0.132. The molecule has 0 spiro atoms. The number of anilines is 1. The Bertz CT molecular complexity index is 1400. The van der Waals surface area contributed by atoms with E-state index in [2.05, 4.69) is 10.3 Å². The van der Waals surface area contributed by atoms with Gasteiger partial charge in [0.2, 0.25) is 0 Å². The Hall–Kier alpha value is -4.09. The number of rotatable bonds is 13. The van der Waals surface area contributed by atoms with Crippen molar-refractivity contribution in [3.8, 4) is 5.75 Å². The zero-order chi connectivity index (χ0) is 29.4. The van der Waals surface area contributed by atoms with E-state index in [0.29, 0.717) is 10.3 Å². The van der Waals surface area contributed by atoms with Gasteiger partial charge >= 0.3 is 5.69 Å². The fraction of sp³-hybridized carbons (Fsp3) is 0.290. The van der Waals surface area contributed by atoms with E-state index in [9.17, 15) is 20.1 Å². The van der Waals surface area contributed by atoms with E-state index in [-0.39, 0.29) is 12.4 Å². The van der Waals surface area contributed by atoms with Crippen molar-refractivity contribution in [2.45, 2.75) is 24.0 Å². The molecular weight excluding hydrogens is 529 g/mol. The number of alkyl halides is 1. The Balaban J connectivity index is 1.77. The molecule has 1 heterocycles. The lowest BCUT2D eigenvalue weighted by Crippen LogP contribution is -2.43. The number of ether oxygens (including phenoxy) is 2. The number of methoxy groups -OCH3 is 2. The van der Waals surface area contributed by atoms with Gasteiger partial charge in [-0.25, -0.2) is 9.18 Å². The average molecular weight is 564 g/mol. The number of benzene rings is 3. The van der Waals surface area contributed by atoms with Crippen LogP contribution in [0.25, 0.3) is 0 Å². The Kier molecular flexibility index (Phi) is 9.85. The van der Waals surface area contributed by atoms with Gasteiger partial charge in [-0.05, 0) is 34.9 Å². The van der Waals surface area contributed by atoms with Crippen LogP contribution in [-0.2, 0) is 10.3 Å². The molecule has 3 aromatic carbocycles. The standard InChI is InChI=1S/C31H34FN3O6/c1-40-20-21(19-36)28(37)27(32)29(38)35-18-17-26(33-30(35)39)34-31(22-9-5-3-6-10-22,23-11-7-4-8-12-23)24-13-15-25(41-2)16-14-24/h3-18,21,27-29,36-38H,19-20H2,1-2H3,(H,33,34,39)/t21-,27-,28-,29-/m1/s1. The molecule has 4 N–H and O–H groups in total. The zero-order valence-corrected chi connectivity index (χ0v) is 22.8. The SMILES string of the molecule is COC[C@@H](CO)[C@@H](O)[C@@H](F)[C@@H](O)n1ccc(NC(c2ccccc2)(c2ccccc2)c2ccc(OC)cc2)nc1=O. The number of halogens is 1. The number of nitrogens with one attached hydrogen (secondary N) is 1. The molecule has 216 valence electrons. The van der Waals surface area contributed by atoms with E-state index >= 15 is 4.39 Å². The van der Waals surface area contributed by atoms with E-state index in [0.717, 1.165) is 16.7 Å². The second-order valence-electron chi connectivity index (χ2n) is 9.58. The van der Waals surface area contributed by atoms with E-state index in [1.54, 1.807) is 7.11 Å². The summed E-state index contributed by atoms with van der Waals surface area (Å²) in [5.74, 6) is -0.142. The average Bonchev–Trinajstić information content (AvgIpc) is 3.02. The Labute approximate surface area is 237 Å². The molecule has 0 fully saturated rings. The van der Waals surface area contributed by atoms with Gasteiger partial charge in [-0.1, -0.05) is 72.8 Å². The summed E-state index contributed by atoms with van der Waals surface area (Å²) in [6.45, 7) is -0.697. The van der Waals surface area contributed by atoms with Crippen LogP contribution in [0.5, 0.6) is 5.75 Å². The van der Waals surface area contributed by atoms with Crippen molar-refractivity contribution in [1.29, 1.82) is 0 Å². The van der Waals surface area contributed by atoms with Crippen molar-refractivity contribution in [3.05, 3.63) is 124 Å². The highest BCUT2D eigenvalue weighted by atomic mass is 19.1. The first-order chi connectivity index (χ1) is 19.8. The molecule has 1 aromatic heterocycles. The molecule has 4 rings (SSSR count). The van der Waals surface area contributed by atoms with E-state index in [1.807, 2.05) is 84.9 Å². The van der Waals surface area contributed by atoms with Crippen molar-refractivity contribution in [1.82, 2.24) is 9.55 Å². The van der Waals surface area contributed by atoms with Gasteiger partial charge in [0.15, 0.2) is 12.4 Å².